The molecule has 0 bridgehead atoms. The molecule has 1 aromatic heterocycles. The van der Waals surface area contributed by atoms with Gasteiger partial charge in [-0.3, -0.25) is 14.4 Å². The molecule has 2 amide bonds. The summed E-state index contributed by atoms with van der Waals surface area (Å²) in [6.07, 6.45) is 1.87. The predicted molar refractivity (Wildman–Crippen MR) is 83.8 cm³/mol. The van der Waals surface area contributed by atoms with Crippen molar-refractivity contribution in [3.05, 3.63) is 64.1 Å². The number of pyridine rings is 1. The first-order chi connectivity index (χ1) is 10.5. The summed E-state index contributed by atoms with van der Waals surface area (Å²) in [5.74, 6) is -0.537. The number of carbonyl (C=O) groups excluding carboxylic acids is 2. The molecule has 1 aromatic carbocycles. The summed E-state index contributed by atoms with van der Waals surface area (Å²) in [6.45, 7) is 0. The van der Waals surface area contributed by atoms with E-state index >= 15 is 0 Å². The lowest BCUT2D eigenvalue weighted by Crippen LogP contribution is -2.27. The molecule has 0 aliphatic rings. The van der Waals surface area contributed by atoms with Crippen molar-refractivity contribution < 1.29 is 9.59 Å². The van der Waals surface area contributed by atoms with Gasteiger partial charge >= 0.3 is 0 Å². The lowest BCUT2D eigenvalue weighted by atomic mass is 10.1. The summed E-state index contributed by atoms with van der Waals surface area (Å²) >= 11 is 0. The van der Waals surface area contributed by atoms with Crippen LogP contribution in [0.3, 0.4) is 0 Å². The van der Waals surface area contributed by atoms with Crippen LogP contribution in [0.1, 0.15) is 15.9 Å². The molecular weight excluding hydrogens is 282 g/mol. The van der Waals surface area contributed by atoms with Crippen LogP contribution < -0.4 is 16.2 Å². The van der Waals surface area contributed by atoms with Gasteiger partial charge in [-0.15, -0.1) is 0 Å². The molecule has 2 rings (SSSR count). The van der Waals surface area contributed by atoms with Crippen LogP contribution in [0.4, 0.5) is 5.69 Å². The number of carbonyl (C=O) groups is 2. The minimum Gasteiger partial charge on any atom is -0.359 e. The number of rotatable bonds is 4. The minimum absolute atomic E-state index is 0.0791. The molecule has 0 aliphatic heterocycles. The summed E-state index contributed by atoms with van der Waals surface area (Å²) < 4.78 is 1.35. The molecule has 0 fully saturated rings. The third-order valence-corrected chi connectivity index (χ3v) is 3.22. The van der Waals surface area contributed by atoms with Crippen LogP contribution in [-0.2, 0) is 18.3 Å². The SMILES string of the molecule is CNC(=O)Cc1ccc(NC(=O)c2cccn(C)c2=O)cc1. The van der Waals surface area contributed by atoms with E-state index in [4.69, 9.17) is 0 Å². The highest BCUT2D eigenvalue weighted by atomic mass is 16.2. The van der Waals surface area contributed by atoms with E-state index in [1.807, 2.05) is 0 Å². The molecule has 0 saturated carbocycles. The van der Waals surface area contributed by atoms with E-state index in [-0.39, 0.29) is 23.5 Å². The fourth-order valence-corrected chi connectivity index (χ4v) is 1.95. The van der Waals surface area contributed by atoms with Gasteiger partial charge in [0.25, 0.3) is 11.5 Å². The second-order valence-corrected chi connectivity index (χ2v) is 4.84. The molecule has 114 valence electrons. The Labute approximate surface area is 127 Å². The Morgan fingerprint density at radius 2 is 1.82 bits per heavy atom. The molecule has 0 atom stereocenters. The highest BCUT2D eigenvalue weighted by Gasteiger charge is 2.11. The molecule has 2 aromatic rings. The topological polar surface area (TPSA) is 80.2 Å². The Morgan fingerprint density at radius 1 is 1.14 bits per heavy atom. The summed E-state index contributed by atoms with van der Waals surface area (Å²) in [5.41, 5.74) is 1.14. The number of nitrogens with zero attached hydrogens (tertiary/aromatic N) is 1. The van der Waals surface area contributed by atoms with E-state index in [9.17, 15) is 14.4 Å². The second kappa shape index (κ2) is 6.71. The quantitative estimate of drug-likeness (QED) is 0.881. The van der Waals surface area contributed by atoms with Crippen molar-refractivity contribution in [2.24, 2.45) is 7.05 Å². The van der Waals surface area contributed by atoms with Gasteiger partial charge in [-0.25, -0.2) is 0 Å². The first-order valence-electron chi connectivity index (χ1n) is 6.78. The Bertz CT molecular complexity index is 748. The normalized spacial score (nSPS) is 10.1. The van der Waals surface area contributed by atoms with Crippen LogP contribution in [-0.4, -0.2) is 23.4 Å². The van der Waals surface area contributed by atoms with Gasteiger partial charge in [0.15, 0.2) is 0 Å². The largest absolute Gasteiger partial charge is 0.359 e. The van der Waals surface area contributed by atoms with Gasteiger partial charge < -0.3 is 15.2 Å². The number of hydrogen-bond acceptors (Lipinski definition) is 3. The van der Waals surface area contributed by atoms with Gasteiger partial charge in [0, 0.05) is 26.0 Å². The Balaban J connectivity index is 2.10. The van der Waals surface area contributed by atoms with Crippen molar-refractivity contribution in [3.8, 4) is 0 Å². The van der Waals surface area contributed by atoms with Crippen molar-refractivity contribution in [2.75, 3.05) is 12.4 Å². The highest BCUT2D eigenvalue weighted by Crippen LogP contribution is 2.11. The van der Waals surface area contributed by atoms with Crippen LogP contribution in [0.2, 0.25) is 0 Å². The minimum atomic E-state index is -0.458. The first-order valence-corrected chi connectivity index (χ1v) is 6.78. The first kappa shape index (κ1) is 15.5. The average Bonchev–Trinajstić information content (AvgIpc) is 2.51. The number of likely N-dealkylation sites (N-methyl/N-ethyl adjacent to an activating group) is 1. The molecule has 22 heavy (non-hydrogen) atoms. The van der Waals surface area contributed by atoms with Gasteiger partial charge in [-0.05, 0) is 29.8 Å². The fraction of sp³-hybridized carbons (Fsp3) is 0.188. The van der Waals surface area contributed by atoms with E-state index in [1.54, 1.807) is 50.6 Å². The number of nitrogens with one attached hydrogen (secondary N) is 2. The number of hydrogen-bond donors (Lipinski definition) is 2. The molecule has 6 nitrogen and oxygen atoms in total. The van der Waals surface area contributed by atoms with E-state index in [2.05, 4.69) is 10.6 Å². The molecule has 0 unspecified atom stereocenters. The Kier molecular flexibility index (Phi) is 4.73. The smallest absolute Gasteiger partial charge is 0.263 e. The van der Waals surface area contributed by atoms with Crippen LogP contribution in [0.5, 0.6) is 0 Å². The van der Waals surface area contributed by atoms with E-state index < -0.39 is 5.91 Å². The van der Waals surface area contributed by atoms with E-state index in [0.717, 1.165) is 5.56 Å². The van der Waals surface area contributed by atoms with Crippen molar-refractivity contribution in [1.29, 1.82) is 0 Å². The lowest BCUT2D eigenvalue weighted by molar-refractivity contribution is -0.119. The maximum absolute atomic E-state index is 12.1. The Hall–Kier alpha value is -2.89. The zero-order valence-electron chi connectivity index (χ0n) is 12.4. The van der Waals surface area contributed by atoms with E-state index in [0.29, 0.717) is 5.69 Å². The number of aromatic nitrogens is 1. The van der Waals surface area contributed by atoms with Crippen molar-refractivity contribution in [3.63, 3.8) is 0 Å². The zero-order valence-corrected chi connectivity index (χ0v) is 12.4. The van der Waals surface area contributed by atoms with Gasteiger partial charge in [0.05, 0.1) is 6.42 Å². The fourth-order valence-electron chi connectivity index (χ4n) is 1.95. The van der Waals surface area contributed by atoms with E-state index in [1.165, 1.54) is 10.6 Å². The monoisotopic (exact) mass is 299 g/mol. The van der Waals surface area contributed by atoms with Gasteiger partial charge in [0.1, 0.15) is 5.56 Å². The molecule has 1 heterocycles. The summed E-state index contributed by atoms with van der Waals surface area (Å²) in [4.78, 5) is 35.3. The highest BCUT2D eigenvalue weighted by molar-refractivity contribution is 6.04. The van der Waals surface area contributed by atoms with Crippen molar-refractivity contribution >= 4 is 17.5 Å². The number of benzene rings is 1. The van der Waals surface area contributed by atoms with Gasteiger partial charge in [-0.1, -0.05) is 12.1 Å². The Morgan fingerprint density at radius 3 is 2.45 bits per heavy atom. The molecule has 6 heteroatoms. The van der Waals surface area contributed by atoms with Crippen LogP contribution in [0.25, 0.3) is 0 Å². The molecule has 0 saturated heterocycles. The van der Waals surface area contributed by atoms with Crippen LogP contribution in [0.15, 0.2) is 47.4 Å². The van der Waals surface area contributed by atoms with Crippen molar-refractivity contribution in [2.45, 2.75) is 6.42 Å². The maximum atomic E-state index is 12.1. The van der Waals surface area contributed by atoms with Crippen LogP contribution in [0, 0.1) is 0 Å². The maximum Gasteiger partial charge on any atom is 0.263 e. The number of aryl methyl sites for hydroxylation is 1. The molecule has 2 N–H and O–H groups in total. The summed E-state index contributed by atoms with van der Waals surface area (Å²) in [5, 5.41) is 5.22. The van der Waals surface area contributed by atoms with Crippen molar-refractivity contribution in [1.82, 2.24) is 9.88 Å². The van der Waals surface area contributed by atoms with Gasteiger partial charge in [0.2, 0.25) is 5.91 Å². The second-order valence-electron chi connectivity index (χ2n) is 4.84. The molecule has 0 spiro atoms. The predicted octanol–water partition coefficient (Wildman–Crippen LogP) is 0.926. The molecular formula is C16H17N3O3. The summed E-state index contributed by atoms with van der Waals surface area (Å²) in [7, 11) is 3.17. The van der Waals surface area contributed by atoms with Gasteiger partial charge in [-0.2, -0.15) is 0 Å². The van der Waals surface area contributed by atoms with Crippen LogP contribution >= 0.6 is 0 Å². The number of amides is 2. The third kappa shape index (κ3) is 3.60. The number of anilines is 1. The summed E-state index contributed by atoms with van der Waals surface area (Å²) in [6, 6.07) is 10.0. The molecule has 0 aliphatic carbocycles. The standard InChI is InChI=1S/C16H17N3O3/c1-17-14(20)10-11-5-7-12(8-6-11)18-15(21)13-4-3-9-19(2)16(13)22/h3-9H,10H2,1-2H3,(H,17,20)(H,18,21). The molecule has 0 radical (unpaired) electrons. The third-order valence-electron chi connectivity index (χ3n) is 3.22. The average molecular weight is 299 g/mol. The lowest BCUT2D eigenvalue weighted by Gasteiger charge is -2.07. The zero-order chi connectivity index (χ0) is 16.1.